The molecule has 0 bridgehead atoms. The number of carbonyl (C=O) groups excluding carboxylic acids is 1. The number of carbonyl (C=O) groups is 2. The van der Waals surface area contributed by atoms with Crippen LogP contribution in [-0.4, -0.2) is 40.0 Å². The molecule has 5 nitrogen and oxygen atoms in total. The van der Waals surface area contributed by atoms with Crippen LogP contribution >= 0.6 is 0 Å². The van der Waals surface area contributed by atoms with Crippen molar-refractivity contribution in [2.45, 2.75) is 32.2 Å². The fraction of sp³-hybridized carbons (Fsp3) is 0.316. The Kier molecular flexibility index (Phi) is 4.34. The standard InChI is InChI=1S/C19H20N2O3/c1-12-16(19(23)24)9-10-17(20-12)18(22)21(2)15-8-7-13-5-3-4-6-14(13)11-15/h3-6,9-10,15H,7-8,11H2,1-2H3,(H,23,24). The molecule has 0 aliphatic heterocycles. The van der Waals surface area contributed by atoms with Gasteiger partial charge in [0, 0.05) is 13.1 Å². The normalized spacial score (nSPS) is 16.3. The van der Waals surface area contributed by atoms with E-state index in [0.29, 0.717) is 11.4 Å². The maximum absolute atomic E-state index is 12.7. The maximum Gasteiger partial charge on any atom is 0.337 e. The summed E-state index contributed by atoms with van der Waals surface area (Å²) in [5.74, 6) is -1.20. The molecule has 1 aromatic heterocycles. The molecule has 0 fully saturated rings. The van der Waals surface area contributed by atoms with Crippen LogP contribution in [0.2, 0.25) is 0 Å². The number of aromatic nitrogens is 1. The number of pyridine rings is 1. The van der Waals surface area contributed by atoms with Crippen molar-refractivity contribution in [3.05, 3.63) is 64.5 Å². The van der Waals surface area contributed by atoms with E-state index in [1.807, 2.05) is 12.1 Å². The molecule has 1 aromatic carbocycles. The molecule has 3 rings (SSSR count). The molecule has 0 radical (unpaired) electrons. The summed E-state index contributed by atoms with van der Waals surface area (Å²) < 4.78 is 0. The molecule has 1 N–H and O–H groups in total. The highest BCUT2D eigenvalue weighted by Crippen LogP contribution is 2.24. The minimum atomic E-state index is -1.03. The average Bonchev–Trinajstić information content (AvgIpc) is 2.59. The van der Waals surface area contributed by atoms with Crippen molar-refractivity contribution >= 4 is 11.9 Å². The second kappa shape index (κ2) is 6.43. The molecule has 1 unspecified atom stereocenters. The molecule has 1 aliphatic carbocycles. The number of aromatic carboxylic acids is 1. The lowest BCUT2D eigenvalue weighted by atomic mass is 9.87. The number of carboxylic acid groups (broad SMARTS) is 1. The van der Waals surface area contributed by atoms with Crippen molar-refractivity contribution in [1.29, 1.82) is 0 Å². The number of likely N-dealkylation sites (N-methyl/N-ethyl adjacent to an activating group) is 1. The van der Waals surface area contributed by atoms with Gasteiger partial charge in [0.15, 0.2) is 0 Å². The molecular weight excluding hydrogens is 304 g/mol. The Hall–Kier alpha value is -2.69. The SMILES string of the molecule is Cc1nc(C(=O)N(C)C2CCc3ccccc3C2)ccc1C(=O)O. The van der Waals surface area contributed by atoms with Gasteiger partial charge >= 0.3 is 5.97 Å². The van der Waals surface area contributed by atoms with Gasteiger partial charge in [-0.1, -0.05) is 24.3 Å². The first-order valence-electron chi connectivity index (χ1n) is 8.02. The van der Waals surface area contributed by atoms with Crippen molar-refractivity contribution in [3.8, 4) is 0 Å². The predicted molar refractivity (Wildman–Crippen MR) is 90.3 cm³/mol. The summed E-state index contributed by atoms with van der Waals surface area (Å²) in [6.45, 7) is 1.61. The molecule has 1 atom stereocenters. The lowest BCUT2D eigenvalue weighted by molar-refractivity contribution is 0.0686. The van der Waals surface area contributed by atoms with Crippen LogP contribution in [0.5, 0.6) is 0 Å². The quantitative estimate of drug-likeness (QED) is 0.942. The van der Waals surface area contributed by atoms with E-state index in [0.717, 1.165) is 19.3 Å². The van der Waals surface area contributed by atoms with Gasteiger partial charge < -0.3 is 10.0 Å². The molecule has 124 valence electrons. The summed E-state index contributed by atoms with van der Waals surface area (Å²) in [7, 11) is 1.79. The van der Waals surface area contributed by atoms with Crippen molar-refractivity contribution in [2.75, 3.05) is 7.05 Å². The molecule has 1 aliphatic rings. The van der Waals surface area contributed by atoms with Crippen LogP contribution in [0.15, 0.2) is 36.4 Å². The number of carboxylic acids is 1. The van der Waals surface area contributed by atoms with Crippen LogP contribution in [0.1, 0.15) is 44.1 Å². The molecule has 1 amide bonds. The molecule has 0 saturated carbocycles. The smallest absolute Gasteiger partial charge is 0.337 e. The second-order valence-electron chi connectivity index (χ2n) is 6.22. The van der Waals surface area contributed by atoms with E-state index >= 15 is 0 Å². The number of benzene rings is 1. The van der Waals surface area contributed by atoms with E-state index in [-0.39, 0.29) is 17.5 Å². The highest BCUT2D eigenvalue weighted by Gasteiger charge is 2.26. The molecule has 1 heterocycles. The number of aryl methyl sites for hydroxylation is 2. The number of hydrogen-bond acceptors (Lipinski definition) is 3. The van der Waals surface area contributed by atoms with Crippen LogP contribution in [0.3, 0.4) is 0 Å². The number of rotatable bonds is 3. The highest BCUT2D eigenvalue weighted by molar-refractivity contribution is 5.94. The summed E-state index contributed by atoms with van der Waals surface area (Å²) in [5.41, 5.74) is 3.42. The summed E-state index contributed by atoms with van der Waals surface area (Å²) in [5, 5.41) is 9.07. The Labute approximate surface area is 140 Å². The lowest BCUT2D eigenvalue weighted by Gasteiger charge is -2.32. The van der Waals surface area contributed by atoms with E-state index in [4.69, 9.17) is 5.11 Å². The van der Waals surface area contributed by atoms with Gasteiger partial charge in [0.2, 0.25) is 0 Å². The van der Waals surface area contributed by atoms with E-state index in [9.17, 15) is 9.59 Å². The third-order valence-electron chi connectivity index (χ3n) is 4.72. The van der Waals surface area contributed by atoms with E-state index in [1.165, 1.54) is 23.3 Å². The molecule has 2 aromatic rings. The van der Waals surface area contributed by atoms with Crippen molar-refractivity contribution in [3.63, 3.8) is 0 Å². The first-order valence-corrected chi connectivity index (χ1v) is 8.02. The van der Waals surface area contributed by atoms with Gasteiger partial charge in [0.05, 0.1) is 11.3 Å². The summed E-state index contributed by atoms with van der Waals surface area (Å²) in [6.07, 6.45) is 2.72. The Morgan fingerprint density at radius 2 is 1.88 bits per heavy atom. The van der Waals surface area contributed by atoms with Crippen LogP contribution in [0, 0.1) is 6.92 Å². The minimum Gasteiger partial charge on any atom is -0.478 e. The monoisotopic (exact) mass is 324 g/mol. The van der Waals surface area contributed by atoms with Gasteiger partial charge in [0.1, 0.15) is 5.69 Å². The number of fused-ring (bicyclic) bond motifs is 1. The van der Waals surface area contributed by atoms with Crippen molar-refractivity contribution in [1.82, 2.24) is 9.88 Å². The number of hydrogen-bond donors (Lipinski definition) is 1. The Balaban J connectivity index is 1.78. The third kappa shape index (κ3) is 3.02. The lowest BCUT2D eigenvalue weighted by Crippen LogP contribution is -2.41. The molecular formula is C19H20N2O3. The molecule has 0 spiro atoms. The topological polar surface area (TPSA) is 70.5 Å². The fourth-order valence-corrected chi connectivity index (χ4v) is 3.26. The maximum atomic E-state index is 12.7. The van der Waals surface area contributed by atoms with Crippen LogP contribution < -0.4 is 0 Å². The van der Waals surface area contributed by atoms with Gasteiger partial charge in [0.25, 0.3) is 5.91 Å². The van der Waals surface area contributed by atoms with Gasteiger partial charge in [-0.3, -0.25) is 4.79 Å². The first kappa shape index (κ1) is 16.2. The Morgan fingerprint density at radius 1 is 1.17 bits per heavy atom. The fourth-order valence-electron chi connectivity index (χ4n) is 3.26. The zero-order valence-electron chi connectivity index (χ0n) is 13.8. The summed E-state index contributed by atoms with van der Waals surface area (Å²) in [4.78, 5) is 29.7. The number of nitrogens with zero attached hydrogens (tertiary/aromatic N) is 2. The summed E-state index contributed by atoms with van der Waals surface area (Å²) in [6, 6.07) is 11.4. The molecule has 5 heteroatoms. The predicted octanol–water partition coefficient (Wildman–Crippen LogP) is 2.72. The summed E-state index contributed by atoms with van der Waals surface area (Å²) >= 11 is 0. The Morgan fingerprint density at radius 3 is 2.54 bits per heavy atom. The van der Waals surface area contributed by atoms with E-state index in [2.05, 4.69) is 17.1 Å². The first-order chi connectivity index (χ1) is 11.5. The van der Waals surface area contributed by atoms with Crippen molar-refractivity contribution in [2.24, 2.45) is 0 Å². The average molecular weight is 324 g/mol. The zero-order valence-corrected chi connectivity index (χ0v) is 13.8. The van der Waals surface area contributed by atoms with E-state index < -0.39 is 5.97 Å². The zero-order chi connectivity index (χ0) is 17.3. The Bertz CT molecular complexity index is 801. The van der Waals surface area contributed by atoms with Crippen molar-refractivity contribution < 1.29 is 14.7 Å². The minimum absolute atomic E-state index is 0.126. The van der Waals surface area contributed by atoms with Gasteiger partial charge in [-0.2, -0.15) is 0 Å². The van der Waals surface area contributed by atoms with Gasteiger partial charge in [-0.05, 0) is 49.4 Å². The molecule has 24 heavy (non-hydrogen) atoms. The van der Waals surface area contributed by atoms with Crippen LogP contribution in [-0.2, 0) is 12.8 Å². The third-order valence-corrected chi connectivity index (χ3v) is 4.72. The van der Waals surface area contributed by atoms with Gasteiger partial charge in [-0.25, -0.2) is 9.78 Å². The van der Waals surface area contributed by atoms with Crippen LogP contribution in [0.4, 0.5) is 0 Å². The molecule has 0 saturated heterocycles. The van der Waals surface area contributed by atoms with Crippen LogP contribution in [0.25, 0.3) is 0 Å². The highest BCUT2D eigenvalue weighted by atomic mass is 16.4. The largest absolute Gasteiger partial charge is 0.478 e. The van der Waals surface area contributed by atoms with E-state index in [1.54, 1.807) is 18.9 Å². The number of amides is 1. The van der Waals surface area contributed by atoms with Gasteiger partial charge in [-0.15, -0.1) is 0 Å². The second-order valence-corrected chi connectivity index (χ2v) is 6.22.